The van der Waals surface area contributed by atoms with Gasteiger partial charge in [0, 0.05) is 23.0 Å². The Kier molecular flexibility index (Phi) is 8.24. The van der Waals surface area contributed by atoms with Crippen molar-refractivity contribution in [2.24, 2.45) is 0 Å². The Morgan fingerprint density at radius 3 is 1.58 bits per heavy atom. The van der Waals surface area contributed by atoms with Gasteiger partial charge in [-0.05, 0) is 29.8 Å². The van der Waals surface area contributed by atoms with Gasteiger partial charge in [-0.3, -0.25) is 0 Å². The van der Waals surface area contributed by atoms with Crippen molar-refractivity contribution in [1.82, 2.24) is 4.98 Å². The van der Waals surface area contributed by atoms with E-state index in [2.05, 4.69) is 10.3 Å². The lowest BCUT2D eigenvalue weighted by molar-refractivity contribution is -0.376. The van der Waals surface area contributed by atoms with Crippen molar-refractivity contribution in [3.63, 3.8) is 0 Å². The van der Waals surface area contributed by atoms with E-state index in [1.165, 1.54) is 6.20 Å². The molecule has 194 valence electrons. The first-order valence-electron chi connectivity index (χ1n) is 9.52. The zero-order chi connectivity index (χ0) is 27.4. The Morgan fingerprint density at radius 1 is 0.722 bits per heavy atom. The van der Waals surface area contributed by atoms with Crippen molar-refractivity contribution >= 4 is 17.5 Å². The zero-order valence-electron chi connectivity index (χ0n) is 17.6. The number of benzene rings is 2. The SMILES string of the molecule is O=C(O)C(F)(F)F.OC(c1ccc(-c2ccc(Nc3ccccc3)nc2)cc1)(C(F)(F)F)C(F)(F)F. The molecule has 0 amide bonds. The zero-order valence-corrected chi connectivity index (χ0v) is 17.6. The number of anilines is 2. The molecule has 0 saturated heterocycles. The fourth-order valence-corrected chi connectivity index (χ4v) is 2.70. The van der Waals surface area contributed by atoms with E-state index in [1.54, 1.807) is 12.1 Å². The molecule has 1 heterocycles. The number of aliphatic hydroxyl groups is 1. The molecule has 14 heteroatoms. The van der Waals surface area contributed by atoms with Crippen LogP contribution in [0.25, 0.3) is 11.1 Å². The van der Waals surface area contributed by atoms with Gasteiger partial charge in [-0.25, -0.2) is 9.78 Å². The first-order valence-corrected chi connectivity index (χ1v) is 9.52. The molecule has 0 aliphatic heterocycles. The van der Waals surface area contributed by atoms with Crippen LogP contribution in [-0.2, 0) is 10.4 Å². The second-order valence-electron chi connectivity index (χ2n) is 7.01. The summed E-state index contributed by atoms with van der Waals surface area (Å²) in [5, 5.41) is 19.6. The van der Waals surface area contributed by atoms with Crippen LogP contribution in [0, 0.1) is 0 Å². The fourth-order valence-electron chi connectivity index (χ4n) is 2.70. The number of carbonyl (C=O) groups is 1. The Morgan fingerprint density at radius 2 is 1.19 bits per heavy atom. The average Bonchev–Trinajstić information content (AvgIpc) is 2.78. The van der Waals surface area contributed by atoms with Crippen LogP contribution in [0.4, 0.5) is 51.0 Å². The summed E-state index contributed by atoms with van der Waals surface area (Å²) in [6.45, 7) is 0. The number of nitrogens with one attached hydrogen (secondary N) is 1. The molecule has 0 saturated carbocycles. The first kappa shape index (κ1) is 28.4. The number of rotatable bonds is 4. The monoisotopic (exact) mass is 526 g/mol. The molecule has 0 atom stereocenters. The van der Waals surface area contributed by atoms with Gasteiger partial charge in [0.1, 0.15) is 5.82 Å². The summed E-state index contributed by atoms with van der Waals surface area (Å²) >= 11 is 0. The van der Waals surface area contributed by atoms with Gasteiger partial charge >= 0.3 is 24.5 Å². The highest BCUT2D eigenvalue weighted by atomic mass is 19.4. The molecule has 3 aromatic rings. The molecule has 2 aromatic carbocycles. The molecule has 36 heavy (non-hydrogen) atoms. The van der Waals surface area contributed by atoms with Gasteiger partial charge in [-0.2, -0.15) is 39.5 Å². The number of aliphatic carboxylic acids is 1. The molecular weight excluding hydrogens is 511 g/mol. The van der Waals surface area contributed by atoms with Crippen LogP contribution >= 0.6 is 0 Å². The average molecular weight is 526 g/mol. The summed E-state index contributed by atoms with van der Waals surface area (Å²) in [6, 6.07) is 15.8. The molecule has 3 rings (SSSR count). The minimum Gasteiger partial charge on any atom is -0.475 e. The highest BCUT2D eigenvalue weighted by Crippen LogP contribution is 2.50. The maximum atomic E-state index is 12.9. The molecule has 0 aliphatic rings. The fraction of sp³-hybridized carbons (Fsp3) is 0.182. The number of aromatic nitrogens is 1. The quantitative estimate of drug-likeness (QED) is 0.341. The lowest BCUT2D eigenvalue weighted by atomic mass is 9.91. The molecule has 1 aromatic heterocycles. The van der Waals surface area contributed by atoms with Gasteiger partial charge in [0.25, 0.3) is 5.60 Å². The summed E-state index contributed by atoms with van der Waals surface area (Å²) < 4.78 is 109. The summed E-state index contributed by atoms with van der Waals surface area (Å²) in [5.74, 6) is -2.24. The number of para-hydroxylation sites is 1. The Labute approximate surface area is 196 Å². The number of carboxylic acids is 1. The number of pyridine rings is 1. The standard InChI is InChI=1S/C20H14F6N2O.C2HF3O2/c21-19(22,23)18(29,20(24,25)26)15-9-6-13(7-10-15)14-8-11-17(27-12-14)28-16-4-2-1-3-5-16;3-2(4,5)1(6)7/h1-12,29H,(H,27,28);(H,6,7). The number of alkyl halides is 9. The van der Waals surface area contributed by atoms with Crippen molar-refractivity contribution in [3.8, 4) is 11.1 Å². The highest BCUT2D eigenvalue weighted by Gasteiger charge is 2.71. The summed E-state index contributed by atoms with van der Waals surface area (Å²) in [5.41, 5.74) is -4.62. The van der Waals surface area contributed by atoms with E-state index in [1.807, 2.05) is 30.3 Å². The van der Waals surface area contributed by atoms with Gasteiger partial charge in [0.05, 0.1) is 0 Å². The third-order valence-corrected chi connectivity index (χ3v) is 4.51. The van der Waals surface area contributed by atoms with Crippen molar-refractivity contribution in [3.05, 3.63) is 78.5 Å². The Balaban J connectivity index is 0.000000572. The van der Waals surface area contributed by atoms with Crippen molar-refractivity contribution < 1.29 is 54.5 Å². The molecule has 0 radical (unpaired) electrons. The van der Waals surface area contributed by atoms with Crippen LogP contribution < -0.4 is 5.32 Å². The molecule has 0 bridgehead atoms. The van der Waals surface area contributed by atoms with E-state index < -0.39 is 35.7 Å². The van der Waals surface area contributed by atoms with E-state index in [-0.39, 0.29) is 0 Å². The second kappa shape index (κ2) is 10.4. The van der Waals surface area contributed by atoms with Crippen molar-refractivity contribution in [2.45, 2.75) is 24.1 Å². The topological polar surface area (TPSA) is 82.5 Å². The summed E-state index contributed by atoms with van der Waals surface area (Å²) in [4.78, 5) is 13.1. The molecule has 0 spiro atoms. The van der Waals surface area contributed by atoms with Gasteiger partial charge < -0.3 is 15.5 Å². The Hall–Kier alpha value is -3.81. The smallest absolute Gasteiger partial charge is 0.475 e. The Bertz CT molecular complexity index is 1130. The van der Waals surface area contributed by atoms with Gasteiger partial charge in [0.2, 0.25) is 0 Å². The number of nitrogens with zero attached hydrogens (tertiary/aromatic N) is 1. The largest absolute Gasteiger partial charge is 0.490 e. The van der Waals surface area contributed by atoms with E-state index in [0.29, 0.717) is 29.1 Å². The lowest BCUT2D eigenvalue weighted by Gasteiger charge is -2.32. The van der Waals surface area contributed by atoms with Crippen LogP contribution in [0.15, 0.2) is 72.9 Å². The minimum absolute atomic E-state index is 0.346. The lowest BCUT2D eigenvalue weighted by Crippen LogP contribution is -2.53. The van der Waals surface area contributed by atoms with Crippen LogP contribution in [0.2, 0.25) is 0 Å². The summed E-state index contributed by atoms with van der Waals surface area (Å²) in [7, 11) is 0. The van der Waals surface area contributed by atoms with Gasteiger partial charge in [-0.1, -0.05) is 42.5 Å². The molecular formula is C22H15F9N2O3. The molecule has 5 nitrogen and oxygen atoms in total. The maximum absolute atomic E-state index is 12.9. The van der Waals surface area contributed by atoms with Crippen LogP contribution in [0.5, 0.6) is 0 Å². The van der Waals surface area contributed by atoms with E-state index in [4.69, 9.17) is 9.90 Å². The van der Waals surface area contributed by atoms with Crippen LogP contribution in [-0.4, -0.2) is 39.7 Å². The van der Waals surface area contributed by atoms with E-state index in [9.17, 15) is 44.6 Å². The van der Waals surface area contributed by atoms with Crippen molar-refractivity contribution in [2.75, 3.05) is 5.32 Å². The van der Waals surface area contributed by atoms with Gasteiger partial charge in [0.15, 0.2) is 0 Å². The predicted octanol–water partition coefficient (Wildman–Crippen LogP) is 6.44. The van der Waals surface area contributed by atoms with E-state index in [0.717, 1.165) is 17.8 Å². The number of halogens is 9. The molecule has 3 N–H and O–H groups in total. The van der Waals surface area contributed by atoms with Crippen LogP contribution in [0.3, 0.4) is 0 Å². The van der Waals surface area contributed by atoms with Crippen LogP contribution in [0.1, 0.15) is 5.56 Å². The first-order chi connectivity index (χ1) is 16.5. The van der Waals surface area contributed by atoms with Gasteiger partial charge in [-0.15, -0.1) is 0 Å². The minimum atomic E-state index is -5.92. The third-order valence-electron chi connectivity index (χ3n) is 4.51. The normalized spacial score (nSPS) is 12.4. The number of hydrogen-bond donors (Lipinski definition) is 3. The van der Waals surface area contributed by atoms with Crippen molar-refractivity contribution in [1.29, 1.82) is 0 Å². The molecule has 0 aliphatic carbocycles. The van der Waals surface area contributed by atoms with E-state index >= 15 is 0 Å². The highest BCUT2D eigenvalue weighted by molar-refractivity contribution is 5.73. The number of hydrogen-bond acceptors (Lipinski definition) is 4. The summed E-state index contributed by atoms with van der Waals surface area (Å²) in [6.07, 6.45) is -15.5. The maximum Gasteiger partial charge on any atom is 0.490 e. The predicted molar refractivity (Wildman–Crippen MR) is 109 cm³/mol. The third kappa shape index (κ3) is 6.65. The molecule has 0 unspecified atom stereocenters. The number of carboxylic acid groups (broad SMARTS) is 1. The second-order valence-corrected chi connectivity index (χ2v) is 7.01. The molecule has 0 fully saturated rings.